The Kier molecular flexibility index (Phi) is 6.50. The molecule has 0 radical (unpaired) electrons. The van der Waals surface area contributed by atoms with E-state index in [9.17, 15) is 0 Å². The van der Waals surface area contributed by atoms with Crippen LogP contribution in [0.15, 0.2) is 60.7 Å². The average molecular weight is 452 g/mol. The number of rotatable bonds is 4. The summed E-state index contributed by atoms with van der Waals surface area (Å²) in [6.07, 6.45) is 0. The van der Waals surface area contributed by atoms with E-state index in [1.807, 2.05) is 13.0 Å². The quantitative estimate of drug-likeness (QED) is 0.271. The summed E-state index contributed by atoms with van der Waals surface area (Å²) in [6, 6.07) is 22.1. The molecule has 0 fully saturated rings. The summed E-state index contributed by atoms with van der Waals surface area (Å²) in [6.45, 7) is 15.6. The third kappa shape index (κ3) is 4.77. The molecule has 3 aromatic carbocycles. The Morgan fingerprint density at radius 2 is 1.00 bits per heavy atom. The fraction of sp³-hybridized carbons (Fsp3) is 0.233. The van der Waals surface area contributed by atoms with Crippen LogP contribution in [0.25, 0.3) is 11.3 Å². The van der Waals surface area contributed by atoms with E-state index in [4.69, 9.17) is 11.6 Å². The van der Waals surface area contributed by atoms with Gasteiger partial charge in [0.25, 0.3) is 0 Å². The van der Waals surface area contributed by atoms with E-state index in [2.05, 4.69) is 101 Å². The van der Waals surface area contributed by atoms with Crippen molar-refractivity contribution < 1.29 is 0 Å². The molecule has 166 valence electrons. The molecule has 0 aliphatic rings. The van der Waals surface area contributed by atoms with E-state index in [0.29, 0.717) is 5.15 Å². The number of aryl methyl sites for hydroxylation is 7. The number of aromatic nitrogens is 1. The highest BCUT2D eigenvalue weighted by Gasteiger charge is 2.28. The first kappa shape index (κ1) is 23.3. The molecule has 0 atom stereocenters. The second kappa shape index (κ2) is 9.19. The molecular formula is C30H31BClN. The average Bonchev–Trinajstić information content (AvgIpc) is 2.70. The van der Waals surface area contributed by atoms with Gasteiger partial charge in [-0.3, -0.25) is 0 Å². The maximum absolute atomic E-state index is 6.23. The molecule has 4 rings (SSSR count). The van der Waals surface area contributed by atoms with Crippen molar-refractivity contribution in [2.75, 3.05) is 0 Å². The summed E-state index contributed by atoms with van der Waals surface area (Å²) in [5.41, 5.74) is 15.2. The SMILES string of the molecule is Cc1cc(Cl)nc(-c2ccc(B(c3c(C)cc(C)cc3C)c3c(C)cc(C)cc3C)cc2)c1. The zero-order chi connectivity index (χ0) is 23.9. The Hall–Kier alpha value is -2.84. The first-order chi connectivity index (χ1) is 15.6. The van der Waals surface area contributed by atoms with Gasteiger partial charge in [0.15, 0.2) is 0 Å². The summed E-state index contributed by atoms with van der Waals surface area (Å²) < 4.78 is 0. The predicted octanol–water partition coefficient (Wildman–Crippen LogP) is 6.08. The van der Waals surface area contributed by atoms with Crippen molar-refractivity contribution >= 4 is 34.7 Å². The van der Waals surface area contributed by atoms with Crippen LogP contribution in [0.3, 0.4) is 0 Å². The van der Waals surface area contributed by atoms with E-state index in [1.165, 1.54) is 49.8 Å². The second-order valence-corrected chi connectivity index (χ2v) is 9.92. The van der Waals surface area contributed by atoms with Gasteiger partial charge in [0, 0.05) is 5.56 Å². The highest BCUT2D eigenvalue weighted by atomic mass is 35.5. The molecule has 0 bridgehead atoms. The lowest BCUT2D eigenvalue weighted by molar-refractivity contribution is 1.29. The van der Waals surface area contributed by atoms with Crippen molar-refractivity contribution in [3.05, 3.63) is 105 Å². The lowest BCUT2D eigenvalue weighted by Crippen LogP contribution is -2.55. The number of nitrogens with zero attached hydrogens (tertiary/aromatic N) is 1. The third-order valence-electron chi connectivity index (χ3n) is 6.53. The topological polar surface area (TPSA) is 12.9 Å². The molecule has 0 amide bonds. The Labute approximate surface area is 204 Å². The van der Waals surface area contributed by atoms with Crippen LogP contribution in [0.1, 0.15) is 38.9 Å². The largest absolute Gasteiger partial charge is 0.242 e. The van der Waals surface area contributed by atoms with E-state index < -0.39 is 0 Å². The standard InChI is InChI=1S/C30H31BClN/c1-18-12-21(4)29(22(5)13-18)31(30-23(6)14-19(2)15-24(30)7)26-10-8-25(9-11-26)27-16-20(3)17-28(32)33-27/h8-17H,1-7H3. The van der Waals surface area contributed by atoms with Crippen LogP contribution in [0.2, 0.25) is 5.15 Å². The third-order valence-corrected chi connectivity index (χ3v) is 6.73. The smallest absolute Gasteiger partial charge is 0.236 e. The van der Waals surface area contributed by atoms with Crippen LogP contribution in [0, 0.1) is 48.5 Å². The highest BCUT2D eigenvalue weighted by molar-refractivity contribution is 6.96. The van der Waals surface area contributed by atoms with Crippen LogP contribution < -0.4 is 16.4 Å². The van der Waals surface area contributed by atoms with E-state index in [-0.39, 0.29) is 6.71 Å². The van der Waals surface area contributed by atoms with Gasteiger partial charge in [0.2, 0.25) is 6.71 Å². The predicted molar refractivity (Wildman–Crippen MR) is 145 cm³/mol. The Morgan fingerprint density at radius 3 is 1.42 bits per heavy atom. The molecule has 0 saturated carbocycles. The summed E-state index contributed by atoms with van der Waals surface area (Å²) in [4.78, 5) is 4.54. The van der Waals surface area contributed by atoms with Crippen molar-refractivity contribution in [2.45, 2.75) is 48.5 Å². The zero-order valence-corrected chi connectivity index (χ0v) is 21.4. The van der Waals surface area contributed by atoms with Crippen molar-refractivity contribution in [2.24, 2.45) is 0 Å². The fourth-order valence-electron chi connectivity index (χ4n) is 5.39. The minimum Gasteiger partial charge on any atom is -0.236 e. The zero-order valence-electron chi connectivity index (χ0n) is 20.7. The number of benzene rings is 3. The maximum Gasteiger partial charge on any atom is 0.242 e. The summed E-state index contributed by atoms with van der Waals surface area (Å²) >= 11 is 6.23. The number of hydrogen-bond donors (Lipinski definition) is 0. The van der Waals surface area contributed by atoms with Gasteiger partial charge >= 0.3 is 0 Å². The van der Waals surface area contributed by atoms with Gasteiger partial charge in [0.05, 0.1) is 5.69 Å². The van der Waals surface area contributed by atoms with E-state index in [0.717, 1.165) is 16.8 Å². The molecule has 0 aliphatic heterocycles. The van der Waals surface area contributed by atoms with Crippen LogP contribution in [0.5, 0.6) is 0 Å². The van der Waals surface area contributed by atoms with Crippen LogP contribution in [-0.4, -0.2) is 11.7 Å². The molecule has 33 heavy (non-hydrogen) atoms. The molecule has 1 heterocycles. The number of hydrogen-bond acceptors (Lipinski definition) is 1. The Bertz CT molecular complexity index is 1210. The molecule has 4 aromatic rings. The Balaban J connectivity index is 1.91. The van der Waals surface area contributed by atoms with Gasteiger partial charge < -0.3 is 0 Å². The van der Waals surface area contributed by atoms with Crippen molar-refractivity contribution in [1.29, 1.82) is 0 Å². The number of halogens is 1. The molecule has 1 aromatic heterocycles. The monoisotopic (exact) mass is 451 g/mol. The van der Waals surface area contributed by atoms with Crippen molar-refractivity contribution in [3.8, 4) is 11.3 Å². The molecule has 3 heteroatoms. The molecule has 0 aliphatic carbocycles. The lowest BCUT2D eigenvalue weighted by atomic mass is 9.34. The summed E-state index contributed by atoms with van der Waals surface area (Å²) in [5.74, 6) is 0. The molecular weight excluding hydrogens is 421 g/mol. The van der Waals surface area contributed by atoms with Crippen LogP contribution in [-0.2, 0) is 0 Å². The highest BCUT2D eigenvalue weighted by Crippen LogP contribution is 2.21. The molecule has 0 unspecified atom stereocenters. The minimum absolute atomic E-state index is 0.175. The summed E-state index contributed by atoms with van der Waals surface area (Å²) in [5, 5.41) is 0.531. The molecule has 0 N–H and O–H groups in total. The van der Waals surface area contributed by atoms with E-state index >= 15 is 0 Å². The first-order valence-corrected chi connectivity index (χ1v) is 11.9. The van der Waals surface area contributed by atoms with Gasteiger partial charge in [0.1, 0.15) is 5.15 Å². The van der Waals surface area contributed by atoms with E-state index in [1.54, 1.807) is 0 Å². The Morgan fingerprint density at radius 1 is 0.576 bits per heavy atom. The van der Waals surface area contributed by atoms with Gasteiger partial charge in [-0.1, -0.05) is 110 Å². The minimum atomic E-state index is 0.175. The normalized spacial score (nSPS) is 11.0. The fourth-order valence-corrected chi connectivity index (χ4v) is 5.65. The van der Waals surface area contributed by atoms with Gasteiger partial charge in [-0.05, 0) is 66.2 Å². The number of pyridine rings is 1. The molecule has 0 spiro atoms. The summed E-state index contributed by atoms with van der Waals surface area (Å²) in [7, 11) is 0. The van der Waals surface area contributed by atoms with Crippen LogP contribution in [0.4, 0.5) is 0 Å². The maximum atomic E-state index is 6.23. The second-order valence-electron chi connectivity index (χ2n) is 9.53. The molecule has 1 nitrogen and oxygen atoms in total. The van der Waals surface area contributed by atoms with Crippen molar-refractivity contribution in [1.82, 2.24) is 4.98 Å². The van der Waals surface area contributed by atoms with Gasteiger partial charge in [-0.25, -0.2) is 4.98 Å². The lowest BCUT2D eigenvalue weighted by Gasteiger charge is -2.24. The van der Waals surface area contributed by atoms with Crippen LogP contribution >= 0.6 is 11.6 Å². The van der Waals surface area contributed by atoms with Gasteiger partial charge in [-0.2, -0.15) is 0 Å². The van der Waals surface area contributed by atoms with Gasteiger partial charge in [-0.15, -0.1) is 0 Å². The molecule has 0 saturated heterocycles. The first-order valence-electron chi connectivity index (χ1n) is 11.5. The van der Waals surface area contributed by atoms with Crippen molar-refractivity contribution in [3.63, 3.8) is 0 Å².